The van der Waals surface area contributed by atoms with Crippen LogP contribution in [0.3, 0.4) is 0 Å². The Morgan fingerprint density at radius 3 is 2.90 bits per heavy atom. The zero-order valence-electron chi connectivity index (χ0n) is 11.9. The number of carbonyl (C=O) groups is 1. The van der Waals surface area contributed by atoms with Crippen LogP contribution < -0.4 is 5.32 Å². The number of halogens is 1. The first-order valence-corrected chi connectivity index (χ1v) is 8.75. The number of anilines is 1. The highest BCUT2D eigenvalue weighted by Gasteiger charge is 2.11. The fourth-order valence-corrected chi connectivity index (χ4v) is 3.61. The van der Waals surface area contributed by atoms with E-state index in [1.807, 2.05) is 49.6 Å². The number of carbonyl (C=O) groups excluding carboxylic acids is 1. The lowest BCUT2D eigenvalue weighted by atomic mass is 10.2. The maximum Gasteiger partial charge on any atom is 0.256 e. The van der Waals surface area contributed by atoms with E-state index in [9.17, 15) is 4.79 Å². The van der Waals surface area contributed by atoms with Crippen molar-refractivity contribution in [2.75, 3.05) is 11.1 Å². The molecule has 0 radical (unpaired) electrons. The molecule has 110 valence electrons. The van der Waals surface area contributed by atoms with Gasteiger partial charge in [-0.25, -0.2) is 0 Å². The van der Waals surface area contributed by atoms with E-state index >= 15 is 0 Å². The van der Waals surface area contributed by atoms with Gasteiger partial charge in [-0.2, -0.15) is 0 Å². The molecule has 0 fully saturated rings. The first kappa shape index (κ1) is 16.1. The molecule has 0 unspecified atom stereocenters. The molecule has 21 heavy (non-hydrogen) atoms. The van der Waals surface area contributed by atoms with E-state index in [-0.39, 0.29) is 5.91 Å². The molecule has 2 rings (SSSR count). The van der Waals surface area contributed by atoms with Crippen LogP contribution in [0.15, 0.2) is 46.7 Å². The van der Waals surface area contributed by atoms with Gasteiger partial charge in [-0.15, -0.1) is 23.1 Å². The second-order valence-corrected chi connectivity index (χ2v) is 6.96. The zero-order valence-corrected chi connectivity index (χ0v) is 14.2. The highest BCUT2D eigenvalue weighted by molar-refractivity contribution is 7.99. The van der Waals surface area contributed by atoms with E-state index in [1.165, 1.54) is 0 Å². The molecule has 0 saturated heterocycles. The highest BCUT2D eigenvalue weighted by Crippen LogP contribution is 2.30. The number of nitrogens with one attached hydrogen (secondary N) is 1. The molecule has 0 aliphatic carbocycles. The smallest absolute Gasteiger partial charge is 0.256 e. The third-order valence-corrected chi connectivity index (χ3v) is 5.16. The number of thiophene rings is 1. The molecule has 0 aliphatic rings. The second kappa shape index (κ2) is 7.69. The van der Waals surface area contributed by atoms with E-state index in [4.69, 9.17) is 11.6 Å². The van der Waals surface area contributed by atoms with Crippen molar-refractivity contribution in [3.05, 3.63) is 57.3 Å². The maximum absolute atomic E-state index is 12.2. The minimum atomic E-state index is -0.0829. The largest absolute Gasteiger partial charge is 0.322 e. The number of benzene rings is 1. The molecular formula is C16H16ClNOS2. The van der Waals surface area contributed by atoms with Crippen molar-refractivity contribution >= 4 is 46.3 Å². The second-order valence-electron chi connectivity index (χ2n) is 4.37. The quantitative estimate of drug-likeness (QED) is 0.565. The number of aryl methyl sites for hydroxylation is 1. The van der Waals surface area contributed by atoms with E-state index in [0.29, 0.717) is 5.02 Å². The Morgan fingerprint density at radius 1 is 1.43 bits per heavy atom. The number of allylic oxidation sites excluding steroid dienone is 1. The average molecular weight is 338 g/mol. The Balaban J connectivity index is 2.12. The molecule has 0 bridgehead atoms. The predicted molar refractivity (Wildman–Crippen MR) is 94.0 cm³/mol. The van der Waals surface area contributed by atoms with Crippen LogP contribution >= 0.6 is 34.7 Å². The van der Waals surface area contributed by atoms with Gasteiger partial charge >= 0.3 is 0 Å². The third-order valence-electron chi connectivity index (χ3n) is 2.86. The molecule has 1 aromatic heterocycles. The van der Waals surface area contributed by atoms with Gasteiger partial charge in [-0.1, -0.05) is 23.8 Å². The molecule has 2 nitrogen and oxygen atoms in total. The Kier molecular flexibility index (Phi) is 5.91. The number of hydrogen-bond donors (Lipinski definition) is 1. The van der Waals surface area contributed by atoms with E-state index < -0.39 is 0 Å². The van der Waals surface area contributed by atoms with E-state index in [0.717, 1.165) is 26.8 Å². The van der Waals surface area contributed by atoms with E-state index in [1.54, 1.807) is 23.1 Å². The maximum atomic E-state index is 12.2. The number of hydrogen-bond acceptors (Lipinski definition) is 3. The first-order chi connectivity index (χ1) is 10.1. The van der Waals surface area contributed by atoms with Crippen molar-refractivity contribution in [1.82, 2.24) is 0 Å². The molecule has 0 atom stereocenters. The third kappa shape index (κ3) is 4.37. The van der Waals surface area contributed by atoms with Crippen LogP contribution in [0.25, 0.3) is 0 Å². The number of thioether (sulfide) groups is 1. The normalized spacial score (nSPS) is 11.0. The number of rotatable bonds is 5. The summed E-state index contributed by atoms with van der Waals surface area (Å²) in [6.07, 6.45) is 4.08. The summed E-state index contributed by atoms with van der Waals surface area (Å²) in [5.74, 6) is 0.775. The summed E-state index contributed by atoms with van der Waals surface area (Å²) in [6.45, 7) is 3.93. The minimum absolute atomic E-state index is 0.0829. The first-order valence-electron chi connectivity index (χ1n) is 6.50. The summed E-state index contributed by atoms with van der Waals surface area (Å²) >= 11 is 9.39. The van der Waals surface area contributed by atoms with Gasteiger partial charge in [0.2, 0.25) is 0 Å². The lowest BCUT2D eigenvalue weighted by Gasteiger charge is -2.08. The van der Waals surface area contributed by atoms with Crippen molar-refractivity contribution < 1.29 is 4.79 Å². The zero-order chi connectivity index (χ0) is 15.2. The molecule has 5 heteroatoms. The van der Waals surface area contributed by atoms with Crippen LogP contribution in [-0.2, 0) is 0 Å². The molecule has 0 aliphatic heterocycles. The molecule has 1 heterocycles. The van der Waals surface area contributed by atoms with Gasteiger partial charge in [0.1, 0.15) is 0 Å². The standard InChI is InChI=1S/C16H16ClNOS2/c1-3-4-8-21-15-10-12(5-6-14(15)17)18-16(19)13-7-9-20-11(13)2/h3-7,9-10H,8H2,1-2H3,(H,18,19). The number of amides is 1. The molecule has 2 aromatic rings. The van der Waals surface area contributed by atoms with Crippen LogP contribution in [0.2, 0.25) is 5.02 Å². The SMILES string of the molecule is CC=CCSc1cc(NC(=O)c2ccsc2C)ccc1Cl. The van der Waals surface area contributed by atoms with Gasteiger partial charge in [0.15, 0.2) is 0 Å². The van der Waals surface area contributed by atoms with Crippen LogP contribution in [0.1, 0.15) is 22.2 Å². The van der Waals surface area contributed by atoms with Crippen molar-refractivity contribution in [2.45, 2.75) is 18.7 Å². The molecule has 1 aromatic carbocycles. The predicted octanol–water partition coefficient (Wildman–Crippen LogP) is 5.63. The Labute approximate surface area is 138 Å². The van der Waals surface area contributed by atoms with Crippen molar-refractivity contribution in [3.63, 3.8) is 0 Å². The lowest BCUT2D eigenvalue weighted by molar-refractivity contribution is 0.102. The topological polar surface area (TPSA) is 29.1 Å². The summed E-state index contributed by atoms with van der Waals surface area (Å²) < 4.78 is 0. The van der Waals surface area contributed by atoms with Gasteiger partial charge in [-0.3, -0.25) is 4.79 Å². The van der Waals surface area contributed by atoms with Gasteiger partial charge in [-0.05, 0) is 43.5 Å². The monoisotopic (exact) mass is 337 g/mol. The summed E-state index contributed by atoms with van der Waals surface area (Å²) in [5, 5.41) is 5.54. The van der Waals surface area contributed by atoms with Crippen molar-refractivity contribution in [2.24, 2.45) is 0 Å². The summed E-state index contributed by atoms with van der Waals surface area (Å²) in [4.78, 5) is 14.2. The highest BCUT2D eigenvalue weighted by atomic mass is 35.5. The Bertz CT molecular complexity index is 664. The average Bonchev–Trinajstić information content (AvgIpc) is 2.89. The van der Waals surface area contributed by atoms with Crippen LogP contribution in [0.4, 0.5) is 5.69 Å². The van der Waals surface area contributed by atoms with Gasteiger partial charge in [0.05, 0.1) is 10.6 Å². The molecule has 0 saturated carbocycles. The van der Waals surface area contributed by atoms with Crippen molar-refractivity contribution in [3.8, 4) is 0 Å². The van der Waals surface area contributed by atoms with Gasteiger partial charge in [0.25, 0.3) is 5.91 Å². The molecule has 1 amide bonds. The van der Waals surface area contributed by atoms with Crippen LogP contribution in [0, 0.1) is 6.92 Å². The van der Waals surface area contributed by atoms with Crippen LogP contribution in [0.5, 0.6) is 0 Å². The van der Waals surface area contributed by atoms with Gasteiger partial charge < -0.3 is 5.32 Å². The van der Waals surface area contributed by atoms with Crippen molar-refractivity contribution in [1.29, 1.82) is 0 Å². The fraction of sp³-hybridized carbons (Fsp3) is 0.188. The van der Waals surface area contributed by atoms with Crippen LogP contribution in [-0.4, -0.2) is 11.7 Å². The minimum Gasteiger partial charge on any atom is -0.322 e. The lowest BCUT2D eigenvalue weighted by Crippen LogP contribution is -2.11. The van der Waals surface area contributed by atoms with E-state index in [2.05, 4.69) is 11.4 Å². The molecule has 0 spiro atoms. The Morgan fingerprint density at radius 2 is 2.24 bits per heavy atom. The van der Waals surface area contributed by atoms with Gasteiger partial charge in [0, 0.05) is 21.2 Å². The summed E-state index contributed by atoms with van der Waals surface area (Å²) in [6, 6.07) is 7.39. The molecule has 1 N–H and O–H groups in total. The summed E-state index contributed by atoms with van der Waals surface area (Å²) in [5.41, 5.74) is 1.48. The molecular weight excluding hydrogens is 322 g/mol. The Hall–Kier alpha value is -1.23. The fourth-order valence-electron chi connectivity index (χ4n) is 1.74. The summed E-state index contributed by atoms with van der Waals surface area (Å²) in [7, 11) is 0.